The van der Waals surface area contributed by atoms with Gasteiger partial charge in [0.2, 0.25) is 5.91 Å². The Morgan fingerprint density at radius 2 is 2.22 bits per heavy atom. The van der Waals surface area contributed by atoms with Gasteiger partial charge in [-0.15, -0.1) is 0 Å². The summed E-state index contributed by atoms with van der Waals surface area (Å²) in [6.45, 7) is 0.816. The van der Waals surface area contributed by atoms with Crippen LogP contribution in [0, 0.1) is 11.7 Å². The van der Waals surface area contributed by atoms with E-state index in [0.29, 0.717) is 19.6 Å². The molecule has 5 nitrogen and oxygen atoms in total. The Morgan fingerprint density at radius 3 is 2.83 bits per heavy atom. The van der Waals surface area contributed by atoms with E-state index < -0.39 is 11.8 Å². The number of anilines is 1. The summed E-state index contributed by atoms with van der Waals surface area (Å²) in [6.07, 6.45) is 0.587. The van der Waals surface area contributed by atoms with Gasteiger partial charge in [0.25, 0.3) is 0 Å². The van der Waals surface area contributed by atoms with Crippen molar-refractivity contribution in [2.45, 2.75) is 6.42 Å². The van der Waals surface area contributed by atoms with Gasteiger partial charge in [0.05, 0.1) is 23.8 Å². The Labute approximate surface area is 103 Å². The summed E-state index contributed by atoms with van der Waals surface area (Å²) < 4.78 is 18.1. The van der Waals surface area contributed by atoms with Crippen molar-refractivity contribution in [2.75, 3.05) is 18.5 Å². The third kappa shape index (κ3) is 2.65. The number of hydrogen-bond acceptors (Lipinski definition) is 3. The number of carbonyl (C=O) groups excluding carboxylic acids is 1. The van der Waals surface area contributed by atoms with Crippen LogP contribution in [-0.2, 0) is 9.53 Å². The molecule has 1 atom stereocenters. The molecule has 1 aromatic carbocycles. The quantitative estimate of drug-likeness (QED) is 0.855. The number of halogens is 1. The summed E-state index contributed by atoms with van der Waals surface area (Å²) in [5.41, 5.74) is -0.164. The monoisotopic (exact) mass is 253 g/mol. The minimum absolute atomic E-state index is 0.0283. The Kier molecular flexibility index (Phi) is 3.57. The largest absolute Gasteiger partial charge is 0.478 e. The second-order valence-corrected chi connectivity index (χ2v) is 4.04. The third-order valence-corrected chi connectivity index (χ3v) is 2.77. The van der Waals surface area contributed by atoms with Crippen LogP contribution >= 0.6 is 0 Å². The third-order valence-electron chi connectivity index (χ3n) is 2.77. The van der Waals surface area contributed by atoms with Crippen LogP contribution in [0.25, 0.3) is 0 Å². The maximum atomic E-state index is 13.1. The fourth-order valence-corrected chi connectivity index (χ4v) is 1.78. The van der Waals surface area contributed by atoms with Crippen LogP contribution in [-0.4, -0.2) is 30.2 Å². The Balaban J connectivity index is 2.19. The van der Waals surface area contributed by atoms with Gasteiger partial charge >= 0.3 is 5.97 Å². The van der Waals surface area contributed by atoms with Crippen molar-refractivity contribution in [3.8, 4) is 0 Å². The first kappa shape index (κ1) is 12.5. The van der Waals surface area contributed by atoms with Gasteiger partial charge < -0.3 is 15.2 Å². The molecule has 0 saturated carbocycles. The van der Waals surface area contributed by atoms with Crippen molar-refractivity contribution in [3.63, 3.8) is 0 Å². The molecule has 0 aromatic heterocycles. The van der Waals surface area contributed by atoms with Crippen LogP contribution in [0.4, 0.5) is 10.1 Å². The summed E-state index contributed by atoms with van der Waals surface area (Å²) in [4.78, 5) is 22.7. The highest BCUT2D eigenvalue weighted by molar-refractivity contribution is 6.01. The molecular weight excluding hydrogens is 241 g/mol. The van der Waals surface area contributed by atoms with Crippen LogP contribution in [0.1, 0.15) is 16.8 Å². The van der Waals surface area contributed by atoms with E-state index >= 15 is 0 Å². The van der Waals surface area contributed by atoms with E-state index in [-0.39, 0.29) is 23.1 Å². The fourth-order valence-electron chi connectivity index (χ4n) is 1.78. The van der Waals surface area contributed by atoms with Crippen LogP contribution in [0.3, 0.4) is 0 Å². The number of aromatic carboxylic acids is 1. The lowest BCUT2D eigenvalue weighted by Crippen LogP contribution is -2.24. The molecule has 6 heteroatoms. The van der Waals surface area contributed by atoms with Gasteiger partial charge in [0.15, 0.2) is 0 Å². The highest BCUT2D eigenvalue weighted by Crippen LogP contribution is 2.20. The van der Waals surface area contributed by atoms with E-state index in [2.05, 4.69) is 5.32 Å². The van der Waals surface area contributed by atoms with Crippen LogP contribution in [0.15, 0.2) is 18.2 Å². The molecule has 0 spiro atoms. The van der Waals surface area contributed by atoms with Crippen molar-refractivity contribution >= 4 is 17.6 Å². The summed E-state index contributed by atoms with van der Waals surface area (Å²) >= 11 is 0. The first-order chi connectivity index (χ1) is 8.58. The van der Waals surface area contributed by atoms with E-state index in [1.807, 2.05) is 0 Å². The number of carbonyl (C=O) groups is 2. The SMILES string of the molecule is O=C(O)c1ccc(F)cc1NC(=O)C1CCOC1. The second kappa shape index (κ2) is 5.14. The highest BCUT2D eigenvalue weighted by atomic mass is 19.1. The average Bonchev–Trinajstić information content (AvgIpc) is 2.81. The van der Waals surface area contributed by atoms with E-state index in [1.165, 1.54) is 0 Å². The van der Waals surface area contributed by atoms with Crippen molar-refractivity contribution in [2.24, 2.45) is 5.92 Å². The maximum absolute atomic E-state index is 13.1. The predicted molar refractivity (Wildman–Crippen MR) is 60.9 cm³/mol. The molecule has 1 unspecified atom stereocenters. The number of ether oxygens (including phenoxy) is 1. The first-order valence-corrected chi connectivity index (χ1v) is 5.49. The molecule has 18 heavy (non-hydrogen) atoms. The van der Waals surface area contributed by atoms with Gasteiger partial charge in [-0.05, 0) is 24.6 Å². The maximum Gasteiger partial charge on any atom is 0.337 e. The van der Waals surface area contributed by atoms with Crippen molar-refractivity contribution in [1.82, 2.24) is 0 Å². The van der Waals surface area contributed by atoms with Gasteiger partial charge in [0.1, 0.15) is 5.82 Å². The first-order valence-electron chi connectivity index (χ1n) is 5.49. The topological polar surface area (TPSA) is 75.6 Å². The average molecular weight is 253 g/mol. The fraction of sp³-hybridized carbons (Fsp3) is 0.333. The summed E-state index contributed by atoms with van der Waals surface area (Å²) in [5.74, 6) is -2.47. The molecular formula is C12H12FNO4. The molecule has 2 N–H and O–H groups in total. The van der Waals surface area contributed by atoms with Crippen LogP contribution < -0.4 is 5.32 Å². The van der Waals surface area contributed by atoms with Crippen molar-refractivity contribution in [3.05, 3.63) is 29.6 Å². The van der Waals surface area contributed by atoms with Gasteiger partial charge in [-0.2, -0.15) is 0 Å². The Bertz CT molecular complexity index is 483. The number of benzene rings is 1. The number of rotatable bonds is 3. The minimum Gasteiger partial charge on any atom is -0.478 e. The lowest BCUT2D eigenvalue weighted by Gasteiger charge is -2.11. The molecule has 1 saturated heterocycles. The molecule has 2 rings (SSSR count). The zero-order valence-electron chi connectivity index (χ0n) is 9.48. The molecule has 0 bridgehead atoms. The minimum atomic E-state index is -1.21. The van der Waals surface area contributed by atoms with Gasteiger partial charge in [0, 0.05) is 6.61 Å². The van der Waals surface area contributed by atoms with E-state index in [1.54, 1.807) is 0 Å². The molecule has 1 aromatic rings. The number of nitrogens with one attached hydrogen (secondary N) is 1. The number of amides is 1. The predicted octanol–water partition coefficient (Wildman–Crippen LogP) is 1.50. The Morgan fingerprint density at radius 1 is 1.44 bits per heavy atom. The van der Waals surface area contributed by atoms with Crippen molar-refractivity contribution < 1.29 is 23.8 Å². The number of carboxylic acids is 1. The highest BCUT2D eigenvalue weighted by Gasteiger charge is 2.24. The Hall–Kier alpha value is -1.95. The van der Waals surface area contributed by atoms with E-state index in [0.717, 1.165) is 18.2 Å². The molecule has 1 aliphatic rings. The lowest BCUT2D eigenvalue weighted by molar-refractivity contribution is -0.119. The molecule has 1 fully saturated rings. The van der Waals surface area contributed by atoms with Gasteiger partial charge in [-0.25, -0.2) is 9.18 Å². The van der Waals surface area contributed by atoms with Crippen molar-refractivity contribution in [1.29, 1.82) is 0 Å². The molecule has 1 amide bonds. The molecule has 96 valence electrons. The standard InChI is InChI=1S/C12H12FNO4/c13-8-1-2-9(12(16)17)10(5-8)14-11(15)7-3-4-18-6-7/h1-2,5,7H,3-4,6H2,(H,14,15)(H,16,17). The van der Waals surface area contributed by atoms with E-state index in [4.69, 9.17) is 9.84 Å². The normalized spacial score (nSPS) is 18.6. The summed E-state index contributed by atoms with van der Waals surface area (Å²) in [6, 6.07) is 3.16. The molecule has 1 heterocycles. The van der Waals surface area contributed by atoms with E-state index in [9.17, 15) is 14.0 Å². The van der Waals surface area contributed by atoms with Gasteiger partial charge in [-0.3, -0.25) is 4.79 Å². The zero-order valence-corrected chi connectivity index (χ0v) is 9.48. The lowest BCUT2D eigenvalue weighted by atomic mass is 10.1. The molecule has 0 aliphatic carbocycles. The number of carboxylic acid groups (broad SMARTS) is 1. The number of hydrogen-bond donors (Lipinski definition) is 2. The molecule has 1 aliphatic heterocycles. The summed E-state index contributed by atoms with van der Waals surface area (Å²) in [7, 11) is 0. The molecule has 0 radical (unpaired) electrons. The summed E-state index contributed by atoms with van der Waals surface area (Å²) in [5, 5.41) is 11.4. The zero-order chi connectivity index (χ0) is 13.1. The van der Waals surface area contributed by atoms with Crippen LogP contribution in [0.2, 0.25) is 0 Å². The van der Waals surface area contributed by atoms with Gasteiger partial charge in [-0.1, -0.05) is 0 Å². The van der Waals surface area contributed by atoms with Crippen LogP contribution in [0.5, 0.6) is 0 Å². The smallest absolute Gasteiger partial charge is 0.337 e. The second-order valence-electron chi connectivity index (χ2n) is 4.04.